The maximum absolute atomic E-state index is 14.8. The number of anilines is 1. The zero-order valence-electron chi connectivity index (χ0n) is 18.6. The van der Waals surface area contributed by atoms with Crippen molar-refractivity contribution in [1.82, 2.24) is 0 Å². The molecule has 1 aromatic rings. The zero-order valence-corrected chi connectivity index (χ0v) is 20.1. The Labute approximate surface area is 200 Å². The summed E-state index contributed by atoms with van der Waals surface area (Å²) in [4.78, 5) is 50.7. The van der Waals surface area contributed by atoms with Crippen molar-refractivity contribution in [2.75, 3.05) is 31.2 Å². The molecule has 0 aliphatic heterocycles. The minimum absolute atomic E-state index is 0.0122. The molecule has 1 aliphatic rings. The number of thioether (sulfide) groups is 1. The monoisotopic (exact) mass is 501 g/mol. The van der Waals surface area contributed by atoms with E-state index >= 15 is 0 Å². The van der Waals surface area contributed by atoms with Crippen LogP contribution in [0.1, 0.15) is 39.5 Å². The van der Waals surface area contributed by atoms with Gasteiger partial charge < -0.3 is 14.2 Å². The summed E-state index contributed by atoms with van der Waals surface area (Å²) in [6.45, 7) is 2.95. The van der Waals surface area contributed by atoms with E-state index < -0.39 is 29.6 Å². The van der Waals surface area contributed by atoms with Crippen molar-refractivity contribution < 1.29 is 37.8 Å². The lowest BCUT2D eigenvalue weighted by Crippen LogP contribution is -2.38. The standard InChI is InChI=1S/C22H25ClFNO7S/c1-4-31-12-32-22(29)15-8-6-5-7-14(15)21(28)25(13(2)26)18-10-19(16(23)9-17(18)24)33-11-20(27)30-3/h9-10H,4-8,11-12H2,1-3H3. The third-order valence-corrected chi connectivity index (χ3v) is 6.24. The topological polar surface area (TPSA) is 99.2 Å². The number of methoxy groups -OCH3 is 1. The summed E-state index contributed by atoms with van der Waals surface area (Å²) in [6.07, 6.45) is 1.82. The van der Waals surface area contributed by atoms with Gasteiger partial charge in [-0.25, -0.2) is 14.1 Å². The Morgan fingerprint density at radius 1 is 1.15 bits per heavy atom. The third-order valence-electron chi connectivity index (χ3n) is 4.78. The fourth-order valence-electron chi connectivity index (χ4n) is 3.19. The molecule has 0 fully saturated rings. The van der Waals surface area contributed by atoms with Gasteiger partial charge in [-0.15, -0.1) is 11.8 Å². The largest absolute Gasteiger partial charge is 0.468 e. The second-order valence-corrected chi connectivity index (χ2v) is 8.39. The van der Waals surface area contributed by atoms with Gasteiger partial charge in [-0.05, 0) is 44.7 Å². The Kier molecular flexibility index (Phi) is 10.3. The Hall–Kier alpha value is -2.43. The molecule has 0 unspecified atom stereocenters. The van der Waals surface area contributed by atoms with Gasteiger partial charge in [0.25, 0.3) is 5.91 Å². The third kappa shape index (κ3) is 7.02. The van der Waals surface area contributed by atoms with Crippen LogP contribution in [0.3, 0.4) is 0 Å². The second kappa shape index (κ2) is 12.7. The molecule has 1 aromatic carbocycles. The quantitative estimate of drug-likeness (QED) is 0.216. The van der Waals surface area contributed by atoms with Crippen molar-refractivity contribution in [3.8, 4) is 0 Å². The van der Waals surface area contributed by atoms with Gasteiger partial charge in [-0.1, -0.05) is 11.6 Å². The predicted octanol–water partition coefficient (Wildman–Crippen LogP) is 4.03. The normalized spacial score (nSPS) is 13.5. The van der Waals surface area contributed by atoms with E-state index in [2.05, 4.69) is 4.74 Å². The summed E-state index contributed by atoms with van der Waals surface area (Å²) < 4.78 is 29.5. The van der Waals surface area contributed by atoms with E-state index in [1.807, 2.05) is 0 Å². The van der Waals surface area contributed by atoms with Gasteiger partial charge >= 0.3 is 11.9 Å². The highest BCUT2D eigenvalue weighted by atomic mass is 35.5. The summed E-state index contributed by atoms with van der Waals surface area (Å²) in [6, 6.07) is 2.19. The highest BCUT2D eigenvalue weighted by molar-refractivity contribution is 8.00. The number of esters is 2. The number of halogens is 2. The molecule has 0 aromatic heterocycles. The van der Waals surface area contributed by atoms with Crippen LogP contribution in [-0.4, -0.2) is 50.0 Å². The molecule has 8 nitrogen and oxygen atoms in total. The number of rotatable bonds is 9. The fraction of sp³-hybridized carbons (Fsp3) is 0.455. The van der Waals surface area contributed by atoms with Crippen LogP contribution in [0.4, 0.5) is 10.1 Å². The van der Waals surface area contributed by atoms with E-state index in [-0.39, 0.29) is 45.7 Å². The molecule has 0 bridgehead atoms. The summed E-state index contributed by atoms with van der Waals surface area (Å²) >= 11 is 7.06. The van der Waals surface area contributed by atoms with E-state index in [4.69, 9.17) is 21.1 Å². The van der Waals surface area contributed by atoms with Gasteiger partial charge in [0.15, 0.2) is 6.79 Å². The lowest BCUT2D eigenvalue weighted by molar-refractivity contribution is -0.151. The summed E-state index contributed by atoms with van der Waals surface area (Å²) in [5, 5.41) is 0.0122. The number of benzene rings is 1. The molecule has 2 amide bonds. The Morgan fingerprint density at radius 3 is 2.42 bits per heavy atom. The van der Waals surface area contributed by atoms with Gasteiger partial charge in [-0.2, -0.15) is 0 Å². The lowest BCUT2D eigenvalue weighted by atomic mass is 9.90. The summed E-state index contributed by atoms with van der Waals surface area (Å²) in [5.74, 6) is -3.79. The molecule has 0 radical (unpaired) electrons. The first-order valence-corrected chi connectivity index (χ1v) is 11.6. The number of carbonyl (C=O) groups excluding carboxylic acids is 4. The minimum Gasteiger partial charge on any atom is -0.468 e. The zero-order chi connectivity index (χ0) is 24.5. The number of amides is 2. The molecule has 0 spiro atoms. The molecule has 1 aliphatic carbocycles. The maximum Gasteiger partial charge on any atom is 0.336 e. The molecule has 0 saturated carbocycles. The number of carbonyl (C=O) groups is 4. The average molecular weight is 502 g/mol. The molecule has 2 rings (SSSR count). The molecule has 0 saturated heterocycles. The minimum atomic E-state index is -0.900. The predicted molar refractivity (Wildman–Crippen MR) is 120 cm³/mol. The molecule has 33 heavy (non-hydrogen) atoms. The average Bonchev–Trinajstić information content (AvgIpc) is 2.79. The summed E-state index contributed by atoms with van der Waals surface area (Å²) in [7, 11) is 1.23. The number of ether oxygens (including phenoxy) is 3. The van der Waals surface area contributed by atoms with E-state index in [1.54, 1.807) is 6.92 Å². The molecule has 180 valence electrons. The Bertz CT molecular complexity index is 966. The first kappa shape index (κ1) is 26.8. The van der Waals surface area contributed by atoms with Crippen LogP contribution in [0.25, 0.3) is 0 Å². The highest BCUT2D eigenvalue weighted by Crippen LogP contribution is 2.36. The van der Waals surface area contributed by atoms with Gasteiger partial charge in [0.05, 0.1) is 23.6 Å². The number of nitrogens with zero attached hydrogens (tertiary/aromatic N) is 1. The van der Waals surface area contributed by atoms with Gasteiger partial charge in [0.1, 0.15) is 5.82 Å². The SMILES string of the molecule is CCOCOC(=O)C1=C(C(=O)N(C(C)=O)c2cc(SCC(=O)OC)c(Cl)cc2F)CCCC1. The van der Waals surface area contributed by atoms with Crippen molar-refractivity contribution in [2.24, 2.45) is 0 Å². The Morgan fingerprint density at radius 2 is 1.82 bits per heavy atom. The van der Waals surface area contributed by atoms with Crippen LogP contribution in [0, 0.1) is 5.82 Å². The second-order valence-electron chi connectivity index (χ2n) is 6.97. The summed E-state index contributed by atoms with van der Waals surface area (Å²) in [5.41, 5.74) is -0.0905. The highest BCUT2D eigenvalue weighted by Gasteiger charge is 2.32. The molecular formula is C22H25ClFNO7S. The van der Waals surface area contributed by atoms with Crippen LogP contribution >= 0.6 is 23.4 Å². The molecular weight excluding hydrogens is 477 g/mol. The lowest BCUT2D eigenvalue weighted by Gasteiger charge is -2.25. The van der Waals surface area contributed by atoms with E-state index in [0.717, 1.165) is 24.8 Å². The van der Waals surface area contributed by atoms with Gasteiger partial charge in [0.2, 0.25) is 5.91 Å². The van der Waals surface area contributed by atoms with Crippen LogP contribution in [-0.2, 0) is 33.4 Å². The first-order valence-electron chi connectivity index (χ1n) is 10.2. The van der Waals surface area contributed by atoms with E-state index in [0.29, 0.717) is 30.8 Å². The van der Waals surface area contributed by atoms with E-state index in [9.17, 15) is 23.6 Å². The van der Waals surface area contributed by atoms with Crippen molar-refractivity contribution in [3.05, 3.63) is 34.1 Å². The van der Waals surface area contributed by atoms with Crippen molar-refractivity contribution >= 4 is 52.8 Å². The van der Waals surface area contributed by atoms with Crippen LogP contribution in [0.2, 0.25) is 5.02 Å². The number of imide groups is 1. The maximum atomic E-state index is 14.8. The van der Waals surface area contributed by atoms with Crippen molar-refractivity contribution in [1.29, 1.82) is 0 Å². The van der Waals surface area contributed by atoms with Crippen molar-refractivity contribution in [3.63, 3.8) is 0 Å². The number of hydrogen-bond acceptors (Lipinski definition) is 8. The van der Waals surface area contributed by atoms with Crippen LogP contribution in [0.15, 0.2) is 28.2 Å². The van der Waals surface area contributed by atoms with Gasteiger partial charge in [0, 0.05) is 29.6 Å². The van der Waals surface area contributed by atoms with Crippen molar-refractivity contribution in [2.45, 2.75) is 44.4 Å². The van der Waals surface area contributed by atoms with Crippen LogP contribution < -0.4 is 4.90 Å². The molecule has 0 N–H and O–H groups in total. The van der Waals surface area contributed by atoms with E-state index in [1.165, 1.54) is 13.2 Å². The Balaban J connectivity index is 2.44. The van der Waals surface area contributed by atoms with Crippen LogP contribution in [0.5, 0.6) is 0 Å². The smallest absolute Gasteiger partial charge is 0.336 e. The molecule has 0 heterocycles. The first-order chi connectivity index (χ1) is 15.7. The fourth-order valence-corrected chi connectivity index (χ4v) is 4.28. The van der Waals surface area contributed by atoms with Gasteiger partial charge in [-0.3, -0.25) is 14.4 Å². The number of hydrogen-bond donors (Lipinski definition) is 0. The molecule has 11 heteroatoms. The molecule has 0 atom stereocenters.